The van der Waals surface area contributed by atoms with E-state index in [2.05, 4.69) is 24.3 Å². The fraction of sp³-hybridized carbons (Fsp3) is 0.235. The third kappa shape index (κ3) is 2.20. The number of rotatable bonds is 2. The molecule has 20 heavy (non-hydrogen) atoms. The second-order valence-electron chi connectivity index (χ2n) is 5.01. The van der Waals surface area contributed by atoms with Crippen LogP contribution in [0.25, 0.3) is 11.1 Å². The Morgan fingerprint density at radius 2 is 2.00 bits per heavy atom. The van der Waals surface area contributed by atoms with Gasteiger partial charge in [-0.15, -0.1) is 0 Å². The summed E-state index contributed by atoms with van der Waals surface area (Å²) in [5, 5.41) is 8.87. The summed E-state index contributed by atoms with van der Waals surface area (Å²) in [4.78, 5) is 0. The van der Waals surface area contributed by atoms with Gasteiger partial charge in [0.1, 0.15) is 0 Å². The summed E-state index contributed by atoms with van der Waals surface area (Å²) in [6.07, 6.45) is 0. The highest BCUT2D eigenvalue weighted by Gasteiger charge is 2.21. The van der Waals surface area contributed by atoms with E-state index >= 15 is 0 Å². The zero-order chi connectivity index (χ0) is 13.9. The van der Waals surface area contributed by atoms with Crippen molar-refractivity contribution >= 4 is 0 Å². The number of hydrogen-bond donors (Lipinski definition) is 1. The van der Waals surface area contributed by atoms with Gasteiger partial charge < -0.3 is 10.5 Å². The van der Waals surface area contributed by atoms with E-state index in [1.54, 1.807) is 0 Å². The Morgan fingerprint density at radius 3 is 2.70 bits per heavy atom. The van der Waals surface area contributed by atoms with Crippen molar-refractivity contribution in [1.29, 1.82) is 5.26 Å². The van der Waals surface area contributed by atoms with Gasteiger partial charge in [-0.25, -0.2) is 0 Å². The van der Waals surface area contributed by atoms with Gasteiger partial charge in [-0.05, 0) is 34.4 Å². The lowest BCUT2D eigenvalue weighted by Gasteiger charge is -2.26. The molecule has 0 bridgehead atoms. The van der Waals surface area contributed by atoms with Crippen molar-refractivity contribution in [3.05, 3.63) is 59.2 Å². The first kappa shape index (κ1) is 12.9. The Kier molecular flexibility index (Phi) is 3.51. The fourth-order valence-electron chi connectivity index (χ4n) is 2.73. The average molecular weight is 264 g/mol. The molecular weight excluding hydrogens is 248 g/mol. The number of benzene rings is 2. The molecule has 0 amide bonds. The molecular formula is C17H16N2O. The number of nitriles is 1. The molecule has 2 aromatic rings. The minimum atomic E-state index is 0.275. The molecule has 0 aliphatic carbocycles. The van der Waals surface area contributed by atoms with Crippen LogP contribution in [0.4, 0.5) is 0 Å². The number of hydrogen-bond acceptors (Lipinski definition) is 3. The van der Waals surface area contributed by atoms with Gasteiger partial charge >= 0.3 is 0 Å². The maximum absolute atomic E-state index is 8.87. The van der Waals surface area contributed by atoms with E-state index in [-0.39, 0.29) is 5.92 Å². The van der Waals surface area contributed by atoms with E-state index < -0.39 is 0 Å². The maximum atomic E-state index is 8.87. The molecule has 0 fully saturated rings. The maximum Gasteiger partial charge on any atom is 0.0991 e. The van der Waals surface area contributed by atoms with Crippen LogP contribution in [-0.2, 0) is 11.3 Å². The van der Waals surface area contributed by atoms with Gasteiger partial charge in [0.05, 0.1) is 24.8 Å². The largest absolute Gasteiger partial charge is 0.376 e. The number of fused-ring (bicyclic) bond motifs is 1. The Morgan fingerprint density at radius 1 is 1.20 bits per heavy atom. The van der Waals surface area contributed by atoms with E-state index in [0.29, 0.717) is 25.3 Å². The van der Waals surface area contributed by atoms with Crippen molar-refractivity contribution in [1.82, 2.24) is 0 Å². The van der Waals surface area contributed by atoms with Crippen LogP contribution in [0, 0.1) is 11.3 Å². The molecule has 2 N–H and O–H groups in total. The van der Waals surface area contributed by atoms with Crippen LogP contribution in [0.3, 0.4) is 0 Å². The molecule has 1 atom stereocenters. The molecule has 1 heterocycles. The summed E-state index contributed by atoms with van der Waals surface area (Å²) in [6, 6.07) is 16.1. The van der Waals surface area contributed by atoms with Gasteiger partial charge in [-0.3, -0.25) is 0 Å². The molecule has 0 spiro atoms. The van der Waals surface area contributed by atoms with Crippen LogP contribution < -0.4 is 5.73 Å². The molecule has 2 aromatic carbocycles. The Labute approximate surface area is 118 Å². The lowest BCUT2D eigenvalue weighted by Crippen LogP contribution is -2.24. The van der Waals surface area contributed by atoms with Crippen LogP contribution in [0.1, 0.15) is 22.6 Å². The third-order valence-corrected chi connectivity index (χ3v) is 3.83. The topological polar surface area (TPSA) is 59.0 Å². The lowest BCUT2D eigenvalue weighted by molar-refractivity contribution is 0.0932. The molecule has 3 heteroatoms. The zero-order valence-corrected chi connectivity index (χ0v) is 11.2. The van der Waals surface area contributed by atoms with Crippen LogP contribution in [0.2, 0.25) is 0 Å². The Bertz CT molecular complexity index is 656. The smallest absolute Gasteiger partial charge is 0.0991 e. The van der Waals surface area contributed by atoms with E-state index in [9.17, 15) is 0 Å². The highest BCUT2D eigenvalue weighted by atomic mass is 16.5. The van der Waals surface area contributed by atoms with Crippen LogP contribution >= 0.6 is 0 Å². The molecule has 100 valence electrons. The second-order valence-corrected chi connectivity index (χ2v) is 5.01. The van der Waals surface area contributed by atoms with Gasteiger partial charge in [-0.2, -0.15) is 5.26 Å². The Balaban J connectivity index is 2.08. The lowest BCUT2D eigenvalue weighted by atomic mass is 9.87. The Hall–Kier alpha value is -2.15. The first-order chi connectivity index (χ1) is 9.83. The highest BCUT2D eigenvalue weighted by molar-refractivity contribution is 5.70. The zero-order valence-electron chi connectivity index (χ0n) is 11.2. The van der Waals surface area contributed by atoms with E-state index in [1.165, 1.54) is 16.7 Å². The molecule has 0 saturated heterocycles. The summed E-state index contributed by atoms with van der Waals surface area (Å²) >= 11 is 0. The molecule has 0 radical (unpaired) electrons. The van der Waals surface area contributed by atoms with E-state index in [4.69, 9.17) is 15.7 Å². The molecule has 3 nitrogen and oxygen atoms in total. The van der Waals surface area contributed by atoms with Gasteiger partial charge in [0.15, 0.2) is 0 Å². The van der Waals surface area contributed by atoms with Gasteiger partial charge in [0.2, 0.25) is 0 Å². The van der Waals surface area contributed by atoms with Crippen molar-refractivity contribution in [2.75, 3.05) is 13.2 Å². The van der Waals surface area contributed by atoms with Gasteiger partial charge in [0, 0.05) is 12.5 Å². The summed E-state index contributed by atoms with van der Waals surface area (Å²) in [7, 11) is 0. The highest BCUT2D eigenvalue weighted by Crippen LogP contribution is 2.33. The minimum absolute atomic E-state index is 0.275. The minimum Gasteiger partial charge on any atom is -0.376 e. The number of ether oxygens (including phenoxy) is 1. The summed E-state index contributed by atoms with van der Waals surface area (Å²) < 4.78 is 5.67. The van der Waals surface area contributed by atoms with Crippen LogP contribution in [-0.4, -0.2) is 13.2 Å². The van der Waals surface area contributed by atoms with Gasteiger partial charge in [0.25, 0.3) is 0 Å². The van der Waals surface area contributed by atoms with Crippen molar-refractivity contribution < 1.29 is 4.74 Å². The van der Waals surface area contributed by atoms with Crippen LogP contribution in [0.15, 0.2) is 42.5 Å². The fourth-order valence-corrected chi connectivity index (χ4v) is 2.73. The standard InChI is InChI=1S/C17H16N2O/c18-8-12-4-6-13(7-5-12)15-2-1-3-16-14(9-19)10-20-11-17(15)16/h1-7,14H,9-11,19H2. The number of nitrogens with zero attached hydrogens (tertiary/aromatic N) is 1. The average Bonchev–Trinajstić information content (AvgIpc) is 2.54. The van der Waals surface area contributed by atoms with Crippen LogP contribution in [0.5, 0.6) is 0 Å². The van der Waals surface area contributed by atoms with E-state index in [1.807, 2.05) is 24.3 Å². The molecule has 3 rings (SSSR count). The molecule has 1 unspecified atom stereocenters. The first-order valence-corrected chi connectivity index (χ1v) is 6.73. The monoisotopic (exact) mass is 264 g/mol. The van der Waals surface area contributed by atoms with E-state index in [0.717, 1.165) is 5.56 Å². The molecule has 1 aliphatic rings. The first-order valence-electron chi connectivity index (χ1n) is 6.73. The predicted molar refractivity (Wildman–Crippen MR) is 78.0 cm³/mol. The normalized spacial score (nSPS) is 17.3. The molecule has 0 saturated carbocycles. The summed E-state index contributed by atoms with van der Waals surface area (Å²) in [5.74, 6) is 0.275. The summed E-state index contributed by atoms with van der Waals surface area (Å²) in [5.41, 5.74) is 11.3. The molecule has 1 aliphatic heterocycles. The molecule has 0 aromatic heterocycles. The number of nitrogens with two attached hydrogens (primary N) is 1. The quantitative estimate of drug-likeness (QED) is 0.907. The van der Waals surface area contributed by atoms with Crippen molar-refractivity contribution in [2.24, 2.45) is 5.73 Å². The predicted octanol–water partition coefficient (Wildman–Crippen LogP) is 2.80. The SMILES string of the molecule is N#Cc1ccc(-c2cccc3c2COCC3CN)cc1. The van der Waals surface area contributed by atoms with Crippen molar-refractivity contribution in [3.8, 4) is 17.2 Å². The third-order valence-electron chi connectivity index (χ3n) is 3.83. The van der Waals surface area contributed by atoms with Crippen molar-refractivity contribution in [3.63, 3.8) is 0 Å². The van der Waals surface area contributed by atoms with Crippen molar-refractivity contribution in [2.45, 2.75) is 12.5 Å². The summed E-state index contributed by atoms with van der Waals surface area (Å²) in [6.45, 7) is 1.92. The van der Waals surface area contributed by atoms with Gasteiger partial charge in [-0.1, -0.05) is 30.3 Å². The second kappa shape index (κ2) is 5.46.